The van der Waals surface area contributed by atoms with E-state index in [0.29, 0.717) is 45.0 Å². The van der Waals surface area contributed by atoms with Crippen LogP contribution < -0.4 is 10.2 Å². The first-order valence-corrected chi connectivity index (χ1v) is 8.40. The van der Waals surface area contributed by atoms with Crippen LogP contribution in [0.3, 0.4) is 0 Å². The van der Waals surface area contributed by atoms with Crippen LogP contribution in [-0.2, 0) is 4.79 Å². The van der Waals surface area contributed by atoms with Crippen LogP contribution in [0, 0.1) is 17.1 Å². The monoisotopic (exact) mass is 354 g/mol. The van der Waals surface area contributed by atoms with Crippen molar-refractivity contribution < 1.29 is 9.18 Å². The summed E-state index contributed by atoms with van der Waals surface area (Å²) in [5.41, 5.74) is 1.18. The zero-order chi connectivity index (χ0) is 18.4. The number of amides is 1. The van der Waals surface area contributed by atoms with E-state index < -0.39 is 0 Å². The Kier molecular flexibility index (Phi) is 5.59. The number of hydrogen-bond donors (Lipinski definition) is 1. The number of piperazine rings is 1. The Morgan fingerprint density at radius 3 is 2.54 bits per heavy atom. The van der Waals surface area contributed by atoms with Crippen LogP contribution in [0.1, 0.15) is 12.1 Å². The molecule has 2 aromatic rings. The maximum atomic E-state index is 13.0. The van der Waals surface area contributed by atoms with Crippen molar-refractivity contribution in [2.45, 2.75) is 6.42 Å². The van der Waals surface area contributed by atoms with Gasteiger partial charge in [-0.25, -0.2) is 14.4 Å². The summed E-state index contributed by atoms with van der Waals surface area (Å²) < 4.78 is 13.0. The second-order valence-corrected chi connectivity index (χ2v) is 5.89. The van der Waals surface area contributed by atoms with Crippen molar-refractivity contribution in [3.8, 4) is 6.07 Å². The highest BCUT2D eigenvalue weighted by Gasteiger charge is 2.21. The van der Waals surface area contributed by atoms with Crippen LogP contribution >= 0.6 is 0 Å². The molecule has 26 heavy (non-hydrogen) atoms. The van der Waals surface area contributed by atoms with E-state index in [2.05, 4.69) is 20.2 Å². The number of nitrogens with zero attached hydrogens (tertiary/aromatic N) is 5. The van der Waals surface area contributed by atoms with Gasteiger partial charge in [-0.3, -0.25) is 4.79 Å². The van der Waals surface area contributed by atoms with Gasteiger partial charge in [0.15, 0.2) is 11.5 Å². The van der Waals surface area contributed by atoms with Gasteiger partial charge in [0.25, 0.3) is 0 Å². The second-order valence-electron chi connectivity index (χ2n) is 5.89. The quantitative estimate of drug-likeness (QED) is 0.879. The summed E-state index contributed by atoms with van der Waals surface area (Å²) in [6.07, 6.45) is 3.27. The Balaban J connectivity index is 1.45. The third-order valence-electron chi connectivity index (χ3n) is 4.26. The van der Waals surface area contributed by atoms with Gasteiger partial charge in [0.05, 0.1) is 0 Å². The first-order chi connectivity index (χ1) is 12.7. The summed E-state index contributed by atoms with van der Waals surface area (Å²) in [7, 11) is 0. The van der Waals surface area contributed by atoms with Gasteiger partial charge in [0, 0.05) is 57.2 Å². The Bertz CT molecular complexity index is 796. The number of benzene rings is 1. The van der Waals surface area contributed by atoms with Crippen LogP contribution in [0.5, 0.6) is 0 Å². The van der Waals surface area contributed by atoms with Gasteiger partial charge in [0.2, 0.25) is 5.91 Å². The number of rotatable bonds is 5. The minimum absolute atomic E-state index is 0.0543. The van der Waals surface area contributed by atoms with E-state index in [9.17, 15) is 9.18 Å². The molecular weight excluding hydrogens is 335 g/mol. The second kappa shape index (κ2) is 8.25. The highest BCUT2D eigenvalue weighted by atomic mass is 19.1. The highest BCUT2D eigenvalue weighted by Crippen LogP contribution is 2.17. The average molecular weight is 354 g/mol. The van der Waals surface area contributed by atoms with Gasteiger partial charge in [-0.1, -0.05) is 0 Å². The summed E-state index contributed by atoms with van der Waals surface area (Å²) >= 11 is 0. The molecule has 1 N–H and O–H groups in total. The SMILES string of the molecule is N#Cc1nccnc1NCCC(=O)N1CCN(c2ccc(F)cc2)CC1. The fourth-order valence-corrected chi connectivity index (χ4v) is 2.86. The molecule has 7 nitrogen and oxygen atoms in total. The van der Waals surface area contributed by atoms with Crippen LogP contribution in [0.25, 0.3) is 0 Å². The summed E-state index contributed by atoms with van der Waals surface area (Å²) in [6, 6.07) is 8.36. The Morgan fingerprint density at radius 2 is 1.85 bits per heavy atom. The number of carbonyl (C=O) groups excluding carboxylic acids is 1. The fraction of sp³-hybridized carbons (Fsp3) is 0.333. The van der Waals surface area contributed by atoms with Gasteiger partial charge < -0.3 is 15.1 Å². The molecule has 0 radical (unpaired) electrons. The summed E-state index contributed by atoms with van der Waals surface area (Å²) in [6.45, 7) is 3.08. The predicted molar refractivity (Wildman–Crippen MR) is 95.0 cm³/mol. The molecule has 0 unspecified atom stereocenters. The number of hydrogen-bond acceptors (Lipinski definition) is 6. The zero-order valence-electron chi connectivity index (χ0n) is 14.2. The maximum Gasteiger partial charge on any atom is 0.224 e. The lowest BCUT2D eigenvalue weighted by atomic mass is 10.2. The molecule has 0 bridgehead atoms. The number of carbonyl (C=O) groups is 1. The van der Waals surface area contributed by atoms with Gasteiger partial charge in [-0.2, -0.15) is 5.26 Å². The molecule has 3 rings (SSSR count). The summed E-state index contributed by atoms with van der Waals surface area (Å²) in [4.78, 5) is 24.3. The molecule has 1 amide bonds. The standard InChI is InChI=1S/C18H19FN6O/c19-14-1-3-15(4-2-14)24-9-11-25(12-10-24)17(26)5-6-22-18-16(13-20)21-7-8-23-18/h1-4,7-8H,5-6,9-12H2,(H,22,23). The lowest BCUT2D eigenvalue weighted by Crippen LogP contribution is -2.49. The third-order valence-corrected chi connectivity index (χ3v) is 4.26. The van der Waals surface area contributed by atoms with E-state index in [-0.39, 0.29) is 17.4 Å². The van der Waals surface area contributed by atoms with Crippen molar-refractivity contribution >= 4 is 17.4 Å². The van der Waals surface area contributed by atoms with E-state index in [1.807, 2.05) is 11.0 Å². The molecule has 1 fully saturated rings. The smallest absolute Gasteiger partial charge is 0.224 e. The molecule has 0 atom stereocenters. The van der Waals surface area contributed by atoms with Crippen LogP contribution in [-0.4, -0.2) is 53.5 Å². The number of halogens is 1. The Hall–Kier alpha value is -3.21. The Morgan fingerprint density at radius 1 is 1.15 bits per heavy atom. The fourth-order valence-electron chi connectivity index (χ4n) is 2.86. The molecule has 8 heteroatoms. The van der Waals surface area contributed by atoms with Crippen molar-refractivity contribution in [2.75, 3.05) is 42.9 Å². The number of nitriles is 1. The predicted octanol–water partition coefficient (Wildman–Crippen LogP) is 1.64. The molecule has 134 valence electrons. The summed E-state index contributed by atoms with van der Waals surface area (Å²) in [5.74, 6) is 0.195. The van der Waals surface area contributed by atoms with Crippen molar-refractivity contribution in [3.63, 3.8) is 0 Å². The van der Waals surface area contributed by atoms with Crippen LogP contribution in [0.4, 0.5) is 15.9 Å². The lowest BCUT2D eigenvalue weighted by molar-refractivity contribution is -0.131. The molecule has 1 aliphatic rings. The van der Waals surface area contributed by atoms with E-state index in [1.165, 1.54) is 24.5 Å². The van der Waals surface area contributed by atoms with E-state index in [0.717, 1.165) is 5.69 Å². The van der Waals surface area contributed by atoms with E-state index in [1.54, 1.807) is 12.1 Å². The minimum Gasteiger partial charge on any atom is -0.368 e. The van der Waals surface area contributed by atoms with Crippen molar-refractivity contribution in [3.05, 3.63) is 48.2 Å². The summed E-state index contributed by atoms with van der Waals surface area (Å²) in [5, 5.41) is 12.0. The first-order valence-electron chi connectivity index (χ1n) is 8.40. The average Bonchev–Trinajstić information content (AvgIpc) is 2.69. The molecule has 2 heterocycles. The van der Waals surface area contributed by atoms with E-state index in [4.69, 9.17) is 5.26 Å². The van der Waals surface area contributed by atoms with Gasteiger partial charge in [-0.05, 0) is 24.3 Å². The number of aromatic nitrogens is 2. The molecule has 0 saturated carbocycles. The molecule has 1 aliphatic heterocycles. The van der Waals surface area contributed by atoms with Gasteiger partial charge in [-0.15, -0.1) is 0 Å². The van der Waals surface area contributed by atoms with Crippen molar-refractivity contribution in [1.29, 1.82) is 5.26 Å². The highest BCUT2D eigenvalue weighted by molar-refractivity contribution is 5.77. The molecule has 0 spiro atoms. The van der Waals surface area contributed by atoms with Gasteiger partial charge >= 0.3 is 0 Å². The maximum absolute atomic E-state index is 13.0. The molecule has 1 saturated heterocycles. The zero-order valence-corrected chi connectivity index (χ0v) is 14.2. The normalized spacial score (nSPS) is 14.0. The molecule has 1 aromatic carbocycles. The van der Waals surface area contributed by atoms with Crippen LogP contribution in [0.15, 0.2) is 36.7 Å². The molecule has 1 aromatic heterocycles. The minimum atomic E-state index is -0.252. The number of anilines is 2. The van der Waals surface area contributed by atoms with Crippen LogP contribution in [0.2, 0.25) is 0 Å². The Labute approximate surface area is 151 Å². The topological polar surface area (TPSA) is 85.1 Å². The molecule has 0 aliphatic carbocycles. The number of nitrogens with one attached hydrogen (secondary N) is 1. The van der Waals surface area contributed by atoms with Crippen molar-refractivity contribution in [1.82, 2.24) is 14.9 Å². The van der Waals surface area contributed by atoms with E-state index >= 15 is 0 Å². The largest absolute Gasteiger partial charge is 0.368 e. The third kappa shape index (κ3) is 4.25. The molecular formula is C18H19FN6O. The lowest BCUT2D eigenvalue weighted by Gasteiger charge is -2.36. The van der Waals surface area contributed by atoms with Gasteiger partial charge in [0.1, 0.15) is 11.9 Å². The van der Waals surface area contributed by atoms with Crippen molar-refractivity contribution in [2.24, 2.45) is 0 Å². The first kappa shape index (κ1) is 17.6.